The Labute approximate surface area is 195 Å². The second-order valence-electron chi connectivity index (χ2n) is 8.23. The molecule has 0 unspecified atom stereocenters. The van der Waals surface area contributed by atoms with Gasteiger partial charge in [-0.25, -0.2) is 9.37 Å². The minimum atomic E-state index is -0.301. The Morgan fingerprint density at radius 2 is 1.97 bits per heavy atom. The maximum atomic E-state index is 13.8. The summed E-state index contributed by atoms with van der Waals surface area (Å²) in [6.45, 7) is 2.02. The molecule has 3 aromatic heterocycles. The number of fused-ring (bicyclic) bond motifs is 1. The quantitative estimate of drug-likeness (QED) is 0.343. The van der Waals surface area contributed by atoms with E-state index < -0.39 is 0 Å². The van der Waals surface area contributed by atoms with Gasteiger partial charge in [0.1, 0.15) is 16.6 Å². The molecular weight excluding hydrogens is 437 g/mol. The molecule has 168 valence electrons. The van der Waals surface area contributed by atoms with Crippen molar-refractivity contribution in [3.63, 3.8) is 0 Å². The van der Waals surface area contributed by atoms with Crippen LogP contribution in [0.15, 0.2) is 65.4 Å². The molecule has 5 rings (SSSR count). The van der Waals surface area contributed by atoms with Gasteiger partial charge < -0.3 is 15.1 Å². The molecule has 0 spiro atoms. The maximum Gasteiger partial charge on any atom is 0.291 e. The molecule has 1 aliphatic rings. The van der Waals surface area contributed by atoms with Gasteiger partial charge in [0.05, 0.1) is 12.3 Å². The molecule has 0 saturated heterocycles. The third kappa shape index (κ3) is 4.54. The molecular formula is C26H24FN3O2S. The molecule has 1 aromatic carbocycles. The minimum absolute atomic E-state index is 0.263. The Kier molecular flexibility index (Phi) is 5.96. The molecule has 33 heavy (non-hydrogen) atoms. The van der Waals surface area contributed by atoms with Crippen molar-refractivity contribution in [2.24, 2.45) is 0 Å². The van der Waals surface area contributed by atoms with Gasteiger partial charge in [0.25, 0.3) is 5.91 Å². The Bertz CT molecular complexity index is 1270. The third-order valence-corrected chi connectivity index (χ3v) is 7.11. The number of furan rings is 1. The van der Waals surface area contributed by atoms with E-state index in [4.69, 9.17) is 4.42 Å². The first-order chi connectivity index (χ1) is 16.1. The van der Waals surface area contributed by atoms with Gasteiger partial charge in [-0.2, -0.15) is 0 Å². The zero-order chi connectivity index (χ0) is 22.8. The fraction of sp³-hybridized carbons (Fsp3) is 0.231. The largest absolute Gasteiger partial charge is 0.459 e. The summed E-state index contributed by atoms with van der Waals surface area (Å²) in [6.07, 6.45) is 7.41. The first-order valence-corrected chi connectivity index (χ1v) is 11.8. The van der Waals surface area contributed by atoms with Crippen LogP contribution in [0.25, 0.3) is 0 Å². The molecule has 4 aromatic rings. The van der Waals surface area contributed by atoms with E-state index >= 15 is 0 Å². The average molecular weight is 462 g/mol. The van der Waals surface area contributed by atoms with E-state index in [1.807, 2.05) is 19.1 Å². The van der Waals surface area contributed by atoms with Crippen LogP contribution < -0.4 is 10.6 Å². The number of nitrogens with one attached hydrogen (secondary N) is 2. The molecule has 7 heteroatoms. The molecule has 0 radical (unpaired) electrons. The third-order valence-electron chi connectivity index (χ3n) is 5.88. The van der Waals surface area contributed by atoms with E-state index in [1.165, 1.54) is 28.8 Å². The van der Waals surface area contributed by atoms with Crippen LogP contribution in [0.5, 0.6) is 0 Å². The second kappa shape index (κ2) is 9.19. The Balaban J connectivity index is 1.61. The van der Waals surface area contributed by atoms with Gasteiger partial charge in [-0.1, -0.05) is 12.1 Å². The van der Waals surface area contributed by atoms with Gasteiger partial charge >= 0.3 is 0 Å². The van der Waals surface area contributed by atoms with Crippen molar-refractivity contribution in [2.75, 3.05) is 10.6 Å². The van der Waals surface area contributed by atoms with Crippen LogP contribution in [0.4, 0.5) is 15.2 Å². The lowest BCUT2D eigenvalue weighted by atomic mass is 9.89. The van der Waals surface area contributed by atoms with Crippen LogP contribution >= 0.6 is 11.3 Å². The van der Waals surface area contributed by atoms with Crippen molar-refractivity contribution >= 4 is 28.1 Å². The highest BCUT2D eigenvalue weighted by Crippen LogP contribution is 2.44. The van der Waals surface area contributed by atoms with Crippen molar-refractivity contribution in [2.45, 2.75) is 38.6 Å². The Hall–Kier alpha value is -3.45. The minimum Gasteiger partial charge on any atom is -0.459 e. The van der Waals surface area contributed by atoms with Crippen LogP contribution in [-0.4, -0.2) is 10.9 Å². The van der Waals surface area contributed by atoms with Gasteiger partial charge in [0, 0.05) is 16.6 Å². The van der Waals surface area contributed by atoms with Gasteiger partial charge in [-0.15, -0.1) is 11.3 Å². The lowest BCUT2D eigenvalue weighted by molar-refractivity contribution is 0.0997. The Morgan fingerprint density at radius 3 is 2.73 bits per heavy atom. The molecule has 0 aliphatic heterocycles. The van der Waals surface area contributed by atoms with Crippen molar-refractivity contribution < 1.29 is 13.6 Å². The second-order valence-corrected chi connectivity index (χ2v) is 9.34. The average Bonchev–Trinajstić information content (AvgIpc) is 3.47. The van der Waals surface area contributed by atoms with E-state index in [2.05, 4.69) is 15.6 Å². The zero-order valence-corrected chi connectivity index (χ0v) is 19.0. The number of carbonyl (C=O) groups excluding carboxylic acids is 1. The number of nitrogens with zero attached hydrogens (tertiary/aromatic N) is 1. The molecule has 0 fully saturated rings. The fourth-order valence-corrected chi connectivity index (χ4v) is 5.62. The normalized spacial score (nSPS) is 13.9. The summed E-state index contributed by atoms with van der Waals surface area (Å²) >= 11 is 1.62. The first-order valence-electron chi connectivity index (χ1n) is 11.0. The summed E-state index contributed by atoms with van der Waals surface area (Å²) in [7, 11) is 0. The summed E-state index contributed by atoms with van der Waals surface area (Å²) in [5.74, 6) is 0.415. The number of pyridine rings is 1. The van der Waals surface area contributed by atoms with Gasteiger partial charge in [-0.05, 0) is 85.7 Å². The highest BCUT2D eigenvalue weighted by atomic mass is 32.1. The van der Waals surface area contributed by atoms with Crippen LogP contribution in [0.2, 0.25) is 0 Å². The number of amides is 1. The van der Waals surface area contributed by atoms with E-state index in [9.17, 15) is 9.18 Å². The Morgan fingerprint density at radius 1 is 1.15 bits per heavy atom. The number of aromatic nitrogens is 1. The van der Waals surface area contributed by atoms with Crippen molar-refractivity contribution in [3.05, 3.63) is 99.7 Å². The molecule has 1 amide bonds. The summed E-state index contributed by atoms with van der Waals surface area (Å²) < 4.78 is 19.1. The lowest BCUT2D eigenvalue weighted by Gasteiger charge is -2.24. The number of halogens is 1. The van der Waals surface area contributed by atoms with E-state index in [0.717, 1.165) is 53.2 Å². The van der Waals surface area contributed by atoms with Crippen molar-refractivity contribution in [3.8, 4) is 0 Å². The number of thiophene rings is 1. The van der Waals surface area contributed by atoms with Crippen LogP contribution in [-0.2, 0) is 12.8 Å². The van der Waals surface area contributed by atoms with Gasteiger partial charge in [-0.3, -0.25) is 4.79 Å². The summed E-state index contributed by atoms with van der Waals surface area (Å²) in [5.41, 5.74) is 4.27. The van der Waals surface area contributed by atoms with Crippen molar-refractivity contribution in [1.29, 1.82) is 0 Å². The zero-order valence-electron chi connectivity index (χ0n) is 18.2. The number of benzene rings is 1. The predicted octanol–water partition coefficient (Wildman–Crippen LogP) is 6.52. The van der Waals surface area contributed by atoms with Crippen LogP contribution in [0.1, 0.15) is 56.6 Å². The fourth-order valence-electron chi connectivity index (χ4n) is 4.30. The molecule has 1 aliphatic carbocycles. The monoisotopic (exact) mass is 461 g/mol. The molecule has 0 bridgehead atoms. The topological polar surface area (TPSA) is 67.2 Å². The number of carbonyl (C=O) groups is 1. The van der Waals surface area contributed by atoms with Crippen LogP contribution in [0.3, 0.4) is 0 Å². The molecule has 2 N–H and O–H groups in total. The number of anilines is 2. The SMILES string of the molecule is Cc1ccnc(N[C@H](c2ccc(F)cc2)c2c(NC(=O)c3ccco3)sc3c2CCCC3)c1. The van der Waals surface area contributed by atoms with Gasteiger partial charge in [0.15, 0.2) is 5.76 Å². The number of hydrogen-bond donors (Lipinski definition) is 2. The van der Waals surface area contributed by atoms with E-state index in [1.54, 1.807) is 41.8 Å². The van der Waals surface area contributed by atoms with E-state index in [-0.39, 0.29) is 23.5 Å². The number of hydrogen-bond acceptors (Lipinski definition) is 5. The number of aryl methyl sites for hydroxylation is 2. The summed E-state index contributed by atoms with van der Waals surface area (Å²) in [6, 6.07) is 13.5. The predicted molar refractivity (Wildman–Crippen MR) is 128 cm³/mol. The number of rotatable bonds is 6. The smallest absolute Gasteiger partial charge is 0.291 e. The van der Waals surface area contributed by atoms with Crippen LogP contribution in [0, 0.1) is 12.7 Å². The van der Waals surface area contributed by atoms with Crippen molar-refractivity contribution in [1.82, 2.24) is 4.98 Å². The molecule has 1 atom stereocenters. The highest BCUT2D eigenvalue weighted by Gasteiger charge is 2.29. The standard InChI is InChI=1S/C26H24FN3O2S/c1-16-12-13-28-22(15-16)29-24(17-8-10-18(27)11-9-17)23-19-5-2-3-7-21(19)33-26(23)30-25(31)20-6-4-14-32-20/h4,6,8-15,24H,2-3,5,7H2,1H3,(H,28,29)(H,30,31)/t24-/m1/s1. The molecule has 3 heterocycles. The van der Waals surface area contributed by atoms with Gasteiger partial charge in [0.2, 0.25) is 0 Å². The maximum absolute atomic E-state index is 13.8. The molecule has 5 nitrogen and oxygen atoms in total. The molecule has 0 saturated carbocycles. The summed E-state index contributed by atoms with van der Waals surface area (Å²) in [4.78, 5) is 18.6. The summed E-state index contributed by atoms with van der Waals surface area (Å²) in [5, 5.41) is 7.42. The first kappa shape index (κ1) is 21.4. The highest BCUT2D eigenvalue weighted by molar-refractivity contribution is 7.16. The lowest BCUT2D eigenvalue weighted by Crippen LogP contribution is -2.19. The van der Waals surface area contributed by atoms with E-state index in [0.29, 0.717) is 0 Å².